The van der Waals surface area contributed by atoms with E-state index < -0.39 is 5.91 Å². The van der Waals surface area contributed by atoms with Crippen LogP contribution >= 0.6 is 23.2 Å². The number of aromatic nitrogens is 1. The number of nitrogens with zero attached hydrogens (tertiary/aromatic N) is 2. The Morgan fingerprint density at radius 1 is 1.28 bits per heavy atom. The molecule has 0 radical (unpaired) electrons. The van der Waals surface area contributed by atoms with Crippen molar-refractivity contribution in [3.05, 3.63) is 52.0 Å². The Morgan fingerprint density at radius 3 is 2.84 bits per heavy atom. The van der Waals surface area contributed by atoms with Crippen LogP contribution in [0.5, 0.6) is 11.6 Å². The summed E-state index contributed by atoms with van der Waals surface area (Å²) in [5.41, 5.74) is 1.56. The molecule has 2 aromatic carbocycles. The molecule has 6 nitrogen and oxygen atoms in total. The Balaban J connectivity index is 1.76. The van der Waals surface area contributed by atoms with Gasteiger partial charge < -0.3 is 14.8 Å². The van der Waals surface area contributed by atoms with Gasteiger partial charge in [-0.1, -0.05) is 35.3 Å². The van der Waals surface area contributed by atoms with Crippen molar-refractivity contribution in [1.82, 2.24) is 4.98 Å². The van der Waals surface area contributed by atoms with Gasteiger partial charge in [0.2, 0.25) is 5.88 Å². The number of rotatable bonds is 4. The number of nitrogens with one attached hydrogen (secondary N) is 1. The Hall–Kier alpha value is -2.57. The fourth-order valence-corrected chi connectivity index (χ4v) is 2.82. The van der Waals surface area contributed by atoms with E-state index in [2.05, 4.69) is 15.2 Å². The number of hydrogen-bond acceptors (Lipinski definition) is 4. The highest BCUT2D eigenvalue weighted by Gasteiger charge is 2.14. The molecule has 0 aliphatic heterocycles. The van der Waals surface area contributed by atoms with E-state index >= 15 is 0 Å². The first-order valence-electron chi connectivity index (χ1n) is 7.28. The maximum absolute atomic E-state index is 11.8. The Bertz CT molecular complexity index is 983. The molecule has 8 heteroatoms. The molecule has 0 fully saturated rings. The van der Waals surface area contributed by atoms with Gasteiger partial charge in [0.15, 0.2) is 12.3 Å². The summed E-state index contributed by atoms with van der Waals surface area (Å²) in [6.45, 7) is 1.65. The normalized spacial score (nSPS) is 11.3. The van der Waals surface area contributed by atoms with E-state index in [1.165, 1.54) is 6.07 Å². The van der Waals surface area contributed by atoms with Crippen molar-refractivity contribution in [2.75, 3.05) is 6.61 Å². The first-order valence-corrected chi connectivity index (χ1v) is 8.03. The summed E-state index contributed by atoms with van der Waals surface area (Å²) < 4.78 is 5.36. The molecule has 3 aromatic rings. The number of aromatic amines is 1. The van der Waals surface area contributed by atoms with Gasteiger partial charge in [0.25, 0.3) is 0 Å². The van der Waals surface area contributed by atoms with E-state index in [0.717, 1.165) is 5.56 Å². The molecular weight excluding hydrogens is 365 g/mol. The lowest BCUT2D eigenvalue weighted by Crippen LogP contribution is -2.07. The molecular formula is C17H13Cl2N3O3. The van der Waals surface area contributed by atoms with Crippen LogP contribution in [0.2, 0.25) is 10.0 Å². The lowest BCUT2D eigenvalue weighted by Gasteiger charge is -2.03. The van der Waals surface area contributed by atoms with Crippen LogP contribution in [0.4, 0.5) is 5.69 Å². The highest BCUT2D eigenvalue weighted by Crippen LogP contribution is 2.40. The highest BCUT2D eigenvalue weighted by atomic mass is 35.5. The Morgan fingerprint density at radius 2 is 2.08 bits per heavy atom. The first-order chi connectivity index (χ1) is 11.9. The third kappa shape index (κ3) is 3.92. The van der Waals surface area contributed by atoms with Crippen LogP contribution in [0.1, 0.15) is 5.56 Å². The van der Waals surface area contributed by atoms with Crippen molar-refractivity contribution >= 4 is 45.7 Å². The van der Waals surface area contributed by atoms with E-state index in [1.54, 1.807) is 18.2 Å². The number of aryl methyl sites for hydroxylation is 1. The van der Waals surface area contributed by atoms with Gasteiger partial charge in [-0.05, 0) is 36.8 Å². The molecule has 1 heterocycles. The fourth-order valence-electron chi connectivity index (χ4n) is 2.28. The molecule has 0 saturated heterocycles. The lowest BCUT2D eigenvalue weighted by molar-refractivity contribution is -0.120. The minimum Gasteiger partial charge on any atom is -0.493 e. The summed E-state index contributed by atoms with van der Waals surface area (Å²) in [5.74, 6) is -0.282. The molecule has 1 amide bonds. The van der Waals surface area contributed by atoms with E-state index in [1.807, 2.05) is 19.1 Å². The minimum atomic E-state index is -0.594. The van der Waals surface area contributed by atoms with Crippen LogP contribution in [0.3, 0.4) is 0 Å². The molecule has 1 aromatic heterocycles. The SMILES string of the molecule is Cc1cccc(OCC(=O)N=Nc2c(O)[nH]c3c(Cl)cc(Cl)cc23)c1. The molecule has 0 spiro atoms. The van der Waals surface area contributed by atoms with Crippen molar-refractivity contribution < 1.29 is 14.6 Å². The average molecular weight is 378 g/mol. The van der Waals surface area contributed by atoms with Crippen molar-refractivity contribution in [3.8, 4) is 11.6 Å². The van der Waals surface area contributed by atoms with Crippen LogP contribution in [-0.4, -0.2) is 22.6 Å². The second kappa shape index (κ2) is 7.13. The third-order valence-electron chi connectivity index (χ3n) is 3.39. The zero-order chi connectivity index (χ0) is 18.0. The van der Waals surface area contributed by atoms with Gasteiger partial charge in [-0.15, -0.1) is 10.2 Å². The number of azo groups is 1. The number of hydrogen-bond donors (Lipinski definition) is 2. The molecule has 128 valence electrons. The second-order valence-corrected chi connectivity index (χ2v) is 6.17. The number of carbonyl (C=O) groups excluding carboxylic acids is 1. The second-order valence-electron chi connectivity index (χ2n) is 5.33. The number of aromatic hydroxyl groups is 1. The van der Waals surface area contributed by atoms with Gasteiger partial charge in [-0.2, -0.15) is 0 Å². The van der Waals surface area contributed by atoms with Gasteiger partial charge in [0.1, 0.15) is 5.75 Å². The molecule has 0 atom stereocenters. The standard InChI is InChI=1S/C17H13Cl2N3O3/c1-9-3-2-4-11(5-9)25-8-14(23)21-22-16-12-6-10(18)7-13(19)15(12)20-17(16)24/h2-7,20,24H,8H2,1H3. The predicted molar refractivity (Wildman–Crippen MR) is 96.2 cm³/mol. The van der Waals surface area contributed by atoms with Gasteiger partial charge >= 0.3 is 5.91 Å². The molecule has 0 unspecified atom stereocenters. The Kier molecular flexibility index (Phi) is 4.92. The van der Waals surface area contributed by atoms with E-state index in [0.29, 0.717) is 26.7 Å². The maximum atomic E-state index is 11.8. The first kappa shape index (κ1) is 17.3. The topological polar surface area (TPSA) is 87.0 Å². The van der Waals surface area contributed by atoms with Crippen molar-refractivity contribution in [2.24, 2.45) is 10.2 Å². The molecule has 0 saturated carbocycles. The zero-order valence-electron chi connectivity index (χ0n) is 13.1. The van der Waals surface area contributed by atoms with Crippen LogP contribution in [-0.2, 0) is 4.79 Å². The number of fused-ring (bicyclic) bond motifs is 1. The van der Waals surface area contributed by atoms with Gasteiger partial charge in [0.05, 0.1) is 10.5 Å². The summed E-state index contributed by atoms with van der Waals surface area (Å²) in [4.78, 5) is 14.5. The molecule has 2 N–H and O–H groups in total. The quantitative estimate of drug-likeness (QED) is 0.614. The van der Waals surface area contributed by atoms with E-state index in [-0.39, 0.29) is 18.2 Å². The fraction of sp³-hybridized carbons (Fsp3) is 0.118. The van der Waals surface area contributed by atoms with Crippen LogP contribution in [0, 0.1) is 6.92 Å². The van der Waals surface area contributed by atoms with Crippen LogP contribution in [0.15, 0.2) is 46.6 Å². The maximum Gasteiger partial charge on any atom is 0.302 e. The number of H-pyrrole nitrogens is 1. The summed E-state index contributed by atoms with van der Waals surface area (Å²) >= 11 is 12.0. The monoisotopic (exact) mass is 377 g/mol. The van der Waals surface area contributed by atoms with E-state index in [9.17, 15) is 9.90 Å². The van der Waals surface area contributed by atoms with Crippen LogP contribution in [0.25, 0.3) is 10.9 Å². The van der Waals surface area contributed by atoms with Gasteiger partial charge in [-0.25, -0.2) is 0 Å². The number of ether oxygens (including phenoxy) is 1. The zero-order valence-corrected chi connectivity index (χ0v) is 14.6. The molecule has 0 aliphatic carbocycles. The van der Waals surface area contributed by atoms with E-state index in [4.69, 9.17) is 27.9 Å². The molecule has 0 aliphatic rings. The molecule has 3 rings (SSSR count). The van der Waals surface area contributed by atoms with Gasteiger partial charge in [-0.3, -0.25) is 4.79 Å². The van der Waals surface area contributed by atoms with Gasteiger partial charge in [0, 0.05) is 10.4 Å². The molecule has 0 bridgehead atoms. The third-order valence-corrected chi connectivity index (χ3v) is 3.91. The number of amides is 1. The lowest BCUT2D eigenvalue weighted by atomic mass is 10.2. The largest absolute Gasteiger partial charge is 0.493 e. The van der Waals surface area contributed by atoms with Crippen LogP contribution < -0.4 is 4.74 Å². The number of benzene rings is 2. The van der Waals surface area contributed by atoms with Crippen molar-refractivity contribution in [1.29, 1.82) is 0 Å². The van der Waals surface area contributed by atoms with Crippen molar-refractivity contribution in [3.63, 3.8) is 0 Å². The van der Waals surface area contributed by atoms with Crippen molar-refractivity contribution in [2.45, 2.75) is 6.92 Å². The summed E-state index contributed by atoms with van der Waals surface area (Å²) in [6, 6.07) is 10.4. The smallest absolute Gasteiger partial charge is 0.302 e. The average Bonchev–Trinajstić information content (AvgIpc) is 2.87. The highest BCUT2D eigenvalue weighted by molar-refractivity contribution is 6.38. The Labute approximate surface area is 153 Å². The summed E-state index contributed by atoms with van der Waals surface area (Å²) in [5, 5.41) is 18.5. The minimum absolute atomic E-state index is 0.0864. The predicted octanol–water partition coefficient (Wildman–Crippen LogP) is 5.18. The number of halogens is 2. The summed E-state index contributed by atoms with van der Waals surface area (Å²) in [6.07, 6.45) is 0. The summed E-state index contributed by atoms with van der Waals surface area (Å²) in [7, 11) is 0. The number of carbonyl (C=O) groups is 1. The molecule has 25 heavy (non-hydrogen) atoms.